The fourth-order valence-corrected chi connectivity index (χ4v) is 1.51. The van der Waals surface area contributed by atoms with Gasteiger partial charge in [-0.3, -0.25) is 0 Å². The molecule has 0 aromatic heterocycles. The molecule has 0 spiro atoms. The lowest BCUT2D eigenvalue weighted by atomic mass is 10.1. The lowest BCUT2D eigenvalue weighted by Crippen LogP contribution is -2.02. The third-order valence-electron chi connectivity index (χ3n) is 1.79. The van der Waals surface area contributed by atoms with Crippen LogP contribution < -0.4 is 4.74 Å². The SMILES string of the molecule is CC(C)CCOc1ccccc1I. The molecule has 0 saturated carbocycles. The first-order valence-corrected chi connectivity index (χ1v) is 5.65. The number of hydrogen-bond acceptors (Lipinski definition) is 1. The summed E-state index contributed by atoms with van der Waals surface area (Å²) in [5, 5.41) is 0. The van der Waals surface area contributed by atoms with E-state index in [1.54, 1.807) is 0 Å². The van der Waals surface area contributed by atoms with E-state index in [1.807, 2.05) is 18.2 Å². The van der Waals surface area contributed by atoms with Gasteiger partial charge >= 0.3 is 0 Å². The Balaban J connectivity index is 2.41. The van der Waals surface area contributed by atoms with Gasteiger partial charge in [0, 0.05) is 0 Å². The number of ether oxygens (including phenoxy) is 1. The summed E-state index contributed by atoms with van der Waals surface area (Å²) in [6.07, 6.45) is 1.12. The van der Waals surface area contributed by atoms with Crippen LogP contribution >= 0.6 is 22.6 Å². The average Bonchev–Trinajstić information content (AvgIpc) is 2.08. The van der Waals surface area contributed by atoms with Crippen molar-refractivity contribution >= 4 is 22.6 Å². The molecule has 0 amide bonds. The number of rotatable bonds is 4. The normalized spacial score (nSPS) is 10.5. The second-order valence-electron chi connectivity index (χ2n) is 3.46. The summed E-state index contributed by atoms with van der Waals surface area (Å²) < 4.78 is 6.82. The number of halogens is 1. The Labute approximate surface area is 93.6 Å². The summed E-state index contributed by atoms with van der Waals surface area (Å²) in [7, 11) is 0. The highest BCUT2D eigenvalue weighted by Gasteiger charge is 1.99. The molecule has 72 valence electrons. The van der Waals surface area contributed by atoms with Gasteiger partial charge in [0.2, 0.25) is 0 Å². The summed E-state index contributed by atoms with van der Waals surface area (Å²) in [4.78, 5) is 0. The van der Waals surface area contributed by atoms with E-state index in [1.165, 1.54) is 3.57 Å². The standard InChI is InChI=1S/C11H15IO/c1-9(2)7-8-13-11-6-4-3-5-10(11)12/h3-6,9H,7-8H2,1-2H3. The molecule has 1 nitrogen and oxygen atoms in total. The van der Waals surface area contributed by atoms with Crippen molar-refractivity contribution in [2.24, 2.45) is 5.92 Å². The molecule has 13 heavy (non-hydrogen) atoms. The highest BCUT2D eigenvalue weighted by atomic mass is 127. The number of hydrogen-bond donors (Lipinski definition) is 0. The first-order valence-electron chi connectivity index (χ1n) is 4.57. The van der Waals surface area contributed by atoms with Crippen LogP contribution in [-0.2, 0) is 0 Å². The molecule has 1 rings (SSSR count). The second kappa shape index (κ2) is 5.47. The molecule has 0 N–H and O–H groups in total. The third-order valence-corrected chi connectivity index (χ3v) is 2.68. The zero-order chi connectivity index (χ0) is 9.68. The first-order chi connectivity index (χ1) is 6.20. The zero-order valence-electron chi connectivity index (χ0n) is 8.09. The van der Waals surface area contributed by atoms with E-state index < -0.39 is 0 Å². The van der Waals surface area contributed by atoms with Gasteiger partial charge in [0.25, 0.3) is 0 Å². The summed E-state index contributed by atoms with van der Waals surface area (Å²) in [5.41, 5.74) is 0. The molecular weight excluding hydrogens is 275 g/mol. The predicted octanol–water partition coefficient (Wildman–Crippen LogP) is 3.72. The summed E-state index contributed by atoms with van der Waals surface area (Å²) in [5.74, 6) is 1.71. The molecule has 0 unspecified atom stereocenters. The fraction of sp³-hybridized carbons (Fsp3) is 0.455. The second-order valence-corrected chi connectivity index (χ2v) is 4.62. The Morgan fingerprint density at radius 1 is 1.31 bits per heavy atom. The van der Waals surface area contributed by atoms with Crippen LogP contribution in [0.1, 0.15) is 20.3 Å². The molecule has 1 aromatic rings. The predicted molar refractivity (Wildman–Crippen MR) is 64.1 cm³/mol. The lowest BCUT2D eigenvalue weighted by molar-refractivity contribution is 0.287. The van der Waals surface area contributed by atoms with Crippen molar-refractivity contribution < 1.29 is 4.74 Å². The zero-order valence-corrected chi connectivity index (χ0v) is 10.2. The maximum absolute atomic E-state index is 5.64. The monoisotopic (exact) mass is 290 g/mol. The molecule has 0 bridgehead atoms. The minimum Gasteiger partial charge on any atom is -0.492 e. The first kappa shape index (κ1) is 10.8. The largest absolute Gasteiger partial charge is 0.492 e. The van der Waals surface area contributed by atoms with Crippen LogP contribution in [0.2, 0.25) is 0 Å². The van der Waals surface area contributed by atoms with E-state index in [2.05, 4.69) is 42.5 Å². The van der Waals surface area contributed by atoms with Crippen LogP contribution in [0.3, 0.4) is 0 Å². The summed E-state index contributed by atoms with van der Waals surface area (Å²) >= 11 is 2.29. The highest BCUT2D eigenvalue weighted by molar-refractivity contribution is 14.1. The molecule has 2 heteroatoms. The maximum atomic E-state index is 5.64. The third kappa shape index (κ3) is 3.98. The van der Waals surface area contributed by atoms with Crippen LogP contribution in [0.5, 0.6) is 5.75 Å². The number of benzene rings is 1. The van der Waals surface area contributed by atoms with Crippen molar-refractivity contribution in [2.45, 2.75) is 20.3 Å². The van der Waals surface area contributed by atoms with Gasteiger partial charge in [-0.25, -0.2) is 0 Å². The average molecular weight is 290 g/mol. The van der Waals surface area contributed by atoms with Crippen molar-refractivity contribution in [3.8, 4) is 5.75 Å². The molecule has 0 aliphatic carbocycles. The Kier molecular flexibility index (Phi) is 4.56. The quantitative estimate of drug-likeness (QED) is 0.768. The van der Waals surface area contributed by atoms with Gasteiger partial charge in [0.05, 0.1) is 10.2 Å². The smallest absolute Gasteiger partial charge is 0.132 e. The molecule has 0 fully saturated rings. The van der Waals surface area contributed by atoms with Crippen molar-refractivity contribution in [1.29, 1.82) is 0 Å². The molecule has 1 aromatic carbocycles. The van der Waals surface area contributed by atoms with Crippen molar-refractivity contribution in [1.82, 2.24) is 0 Å². The molecule has 0 radical (unpaired) electrons. The Bertz CT molecular complexity index is 258. The van der Waals surface area contributed by atoms with Crippen LogP contribution in [0.15, 0.2) is 24.3 Å². The molecule has 0 saturated heterocycles. The minimum absolute atomic E-state index is 0.710. The number of para-hydroxylation sites is 1. The van der Waals surface area contributed by atoms with Gasteiger partial charge in [-0.15, -0.1) is 0 Å². The van der Waals surface area contributed by atoms with Gasteiger partial charge in [-0.05, 0) is 47.1 Å². The van der Waals surface area contributed by atoms with E-state index in [0.717, 1.165) is 18.8 Å². The van der Waals surface area contributed by atoms with Crippen LogP contribution in [0, 0.1) is 9.49 Å². The highest BCUT2D eigenvalue weighted by Crippen LogP contribution is 2.19. The molecule has 0 aliphatic heterocycles. The van der Waals surface area contributed by atoms with Crippen LogP contribution in [-0.4, -0.2) is 6.61 Å². The van der Waals surface area contributed by atoms with Gasteiger partial charge in [-0.1, -0.05) is 26.0 Å². The van der Waals surface area contributed by atoms with Crippen LogP contribution in [0.25, 0.3) is 0 Å². The molecule has 0 atom stereocenters. The maximum Gasteiger partial charge on any atom is 0.132 e. The lowest BCUT2D eigenvalue weighted by Gasteiger charge is -2.08. The van der Waals surface area contributed by atoms with Gasteiger partial charge < -0.3 is 4.74 Å². The Hall–Kier alpha value is -0.250. The van der Waals surface area contributed by atoms with Crippen molar-refractivity contribution in [3.63, 3.8) is 0 Å². The van der Waals surface area contributed by atoms with Crippen molar-refractivity contribution in [3.05, 3.63) is 27.8 Å². The minimum atomic E-state index is 0.710. The molecular formula is C11H15IO. The Morgan fingerprint density at radius 2 is 2.00 bits per heavy atom. The fourth-order valence-electron chi connectivity index (χ4n) is 0.966. The Morgan fingerprint density at radius 3 is 2.62 bits per heavy atom. The summed E-state index contributed by atoms with van der Waals surface area (Å²) in [6.45, 7) is 5.23. The van der Waals surface area contributed by atoms with E-state index in [9.17, 15) is 0 Å². The van der Waals surface area contributed by atoms with E-state index >= 15 is 0 Å². The topological polar surface area (TPSA) is 9.23 Å². The molecule has 0 aliphatic rings. The van der Waals surface area contributed by atoms with E-state index in [4.69, 9.17) is 4.74 Å². The van der Waals surface area contributed by atoms with Gasteiger partial charge in [0.15, 0.2) is 0 Å². The van der Waals surface area contributed by atoms with Crippen molar-refractivity contribution in [2.75, 3.05) is 6.61 Å². The van der Waals surface area contributed by atoms with E-state index in [-0.39, 0.29) is 0 Å². The van der Waals surface area contributed by atoms with Gasteiger partial charge in [0.1, 0.15) is 5.75 Å². The van der Waals surface area contributed by atoms with Crippen LogP contribution in [0.4, 0.5) is 0 Å². The van der Waals surface area contributed by atoms with E-state index in [0.29, 0.717) is 5.92 Å². The molecule has 0 heterocycles. The van der Waals surface area contributed by atoms with Gasteiger partial charge in [-0.2, -0.15) is 0 Å². The summed E-state index contributed by atoms with van der Waals surface area (Å²) in [6, 6.07) is 8.11.